The predicted molar refractivity (Wildman–Crippen MR) is 46.7 cm³/mol. The van der Waals surface area contributed by atoms with Crippen molar-refractivity contribution in [2.75, 3.05) is 11.4 Å². The lowest BCUT2D eigenvalue weighted by molar-refractivity contribution is -0.107. The summed E-state index contributed by atoms with van der Waals surface area (Å²) in [6.07, 6.45) is 8.19. The van der Waals surface area contributed by atoms with Gasteiger partial charge in [-0.3, -0.25) is 9.78 Å². The Morgan fingerprint density at radius 2 is 2.50 bits per heavy atom. The zero-order chi connectivity index (χ0) is 8.39. The molecule has 0 aromatic carbocycles. The summed E-state index contributed by atoms with van der Waals surface area (Å²) >= 11 is 0. The van der Waals surface area contributed by atoms with Gasteiger partial charge >= 0.3 is 0 Å². The van der Waals surface area contributed by atoms with E-state index in [4.69, 9.17) is 0 Å². The first-order valence-corrected chi connectivity index (χ1v) is 3.74. The SMILES string of the molecule is O=CN1CC=Cc2cnccc21. The van der Waals surface area contributed by atoms with E-state index in [1.807, 2.05) is 18.2 Å². The minimum Gasteiger partial charge on any atom is -0.310 e. The molecular formula is C9H8N2O. The highest BCUT2D eigenvalue weighted by Gasteiger charge is 2.10. The van der Waals surface area contributed by atoms with Gasteiger partial charge in [0, 0.05) is 24.5 Å². The Labute approximate surface area is 70.3 Å². The second-order valence-electron chi connectivity index (χ2n) is 2.59. The number of anilines is 1. The summed E-state index contributed by atoms with van der Waals surface area (Å²) in [4.78, 5) is 16.2. The van der Waals surface area contributed by atoms with Crippen molar-refractivity contribution in [1.29, 1.82) is 0 Å². The fourth-order valence-corrected chi connectivity index (χ4v) is 1.28. The second kappa shape index (κ2) is 2.77. The molecule has 0 atom stereocenters. The number of carbonyl (C=O) groups is 1. The number of rotatable bonds is 1. The van der Waals surface area contributed by atoms with Crippen LogP contribution in [0.1, 0.15) is 5.56 Å². The Balaban J connectivity index is 2.52. The van der Waals surface area contributed by atoms with Gasteiger partial charge in [-0.2, -0.15) is 0 Å². The first-order chi connectivity index (χ1) is 5.92. The molecule has 0 saturated heterocycles. The molecule has 1 aliphatic rings. The van der Waals surface area contributed by atoms with E-state index in [0.717, 1.165) is 17.7 Å². The maximum absolute atomic E-state index is 10.6. The quantitative estimate of drug-likeness (QED) is 0.576. The number of amides is 1. The van der Waals surface area contributed by atoms with Crippen LogP contribution < -0.4 is 4.90 Å². The van der Waals surface area contributed by atoms with Gasteiger partial charge in [-0.25, -0.2) is 0 Å². The van der Waals surface area contributed by atoms with Crippen LogP contribution in [0.5, 0.6) is 0 Å². The number of hydrogen-bond donors (Lipinski definition) is 0. The zero-order valence-corrected chi connectivity index (χ0v) is 6.47. The molecule has 0 saturated carbocycles. The smallest absolute Gasteiger partial charge is 0.214 e. The Bertz CT molecular complexity index is 333. The molecule has 0 fully saturated rings. The van der Waals surface area contributed by atoms with Crippen LogP contribution in [0.4, 0.5) is 5.69 Å². The number of nitrogens with zero attached hydrogens (tertiary/aromatic N) is 2. The van der Waals surface area contributed by atoms with Crippen LogP contribution in [-0.4, -0.2) is 17.9 Å². The molecular weight excluding hydrogens is 152 g/mol. The van der Waals surface area contributed by atoms with Crippen molar-refractivity contribution < 1.29 is 4.79 Å². The summed E-state index contributed by atoms with van der Waals surface area (Å²) in [6.45, 7) is 0.653. The lowest BCUT2D eigenvalue weighted by atomic mass is 10.1. The van der Waals surface area contributed by atoms with E-state index >= 15 is 0 Å². The molecule has 0 bridgehead atoms. The Hall–Kier alpha value is -1.64. The van der Waals surface area contributed by atoms with Gasteiger partial charge in [0.2, 0.25) is 6.41 Å². The van der Waals surface area contributed by atoms with Crippen LogP contribution in [0, 0.1) is 0 Å². The van der Waals surface area contributed by atoms with Crippen molar-refractivity contribution in [3.05, 3.63) is 30.1 Å². The number of aromatic nitrogens is 1. The Kier molecular flexibility index (Phi) is 1.63. The van der Waals surface area contributed by atoms with Gasteiger partial charge in [-0.05, 0) is 6.07 Å². The highest BCUT2D eigenvalue weighted by atomic mass is 16.1. The van der Waals surface area contributed by atoms with E-state index in [0.29, 0.717) is 6.54 Å². The topological polar surface area (TPSA) is 33.2 Å². The molecule has 1 aromatic rings. The summed E-state index contributed by atoms with van der Waals surface area (Å²) in [5.74, 6) is 0. The minimum absolute atomic E-state index is 0.653. The molecule has 2 rings (SSSR count). The monoisotopic (exact) mass is 160 g/mol. The first-order valence-electron chi connectivity index (χ1n) is 3.74. The van der Waals surface area contributed by atoms with Gasteiger partial charge < -0.3 is 4.90 Å². The fourth-order valence-electron chi connectivity index (χ4n) is 1.28. The van der Waals surface area contributed by atoms with Crippen LogP contribution in [0.3, 0.4) is 0 Å². The summed E-state index contributed by atoms with van der Waals surface area (Å²) in [7, 11) is 0. The van der Waals surface area contributed by atoms with E-state index < -0.39 is 0 Å². The summed E-state index contributed by atoms with van der Waals surface area (Å²) in [6, 6.07) is 1.84. The van der Waals surface area contributed by atoms with Gasteiger partial charge in [-0.1, -0.05) is 12.2 Å². The Morgan fingerprint density at radius 3 is 3.33 bits per heavy atom. The molecule has 12 heavy (non-hydrogen) atoms. The van der Waals surface area contributed by atoms with Gasteiger partial charge in [0.1, 0.15) is 0 Å². The maximum Gasteiger partial charge on any atom is 0.214 e. The van der Waals surface area contributed by atoms with Crippen molar-refractivity contribution in [2.24, 2.45) is 0 Å². The van der Waals surface area contributed by atoms with E-state index in [2.05, 4.69) is 4.98 Å². The average molecular weight is 160 g/mol. The van der Waals surface area contributed by atoms with Crippen LogP contribution in [-0.2, 0) is 4.79 Å². The zero-order valence-electron chi connectivity index (χ0n) is 6.47. The summed E-state index contributed by atoms with van der Waals surface area (Å²) < 4.78 is 0. The van der Waals surface area contributed by atoms with Crippen molar-refractivity contribution in [1.82, 2.24) is 4.98 Å². The largest absolute Gasteiger partial charge is 0.310 e. The van der Waals surface area contributed by atoms with Crippen LogP contribution in [0.15, 0.2) is 24.5 Å². The van der Waals surface area contributed by atoms with Gasteiger partial charge in [0.25, 0.3) is 0 Å². The molecule has 60 valence electrons. The highest BCUT2D eigenvalue weighted by Crippen LogP contribution is 2.22. The molecule has 1 aromatic heterocycles. The summed E-state index contributed by atoms with van der Waals surface area (Å²) in [5.41, 5.74) is 1.93. The number of carbonyl (C=O) groups excluding carboxylic acids is 1. The third kappa shape index (κ3) is 0.993. The molecule has 0 radical (unpaired) electrons. The van der Waals surface area contributed by atoms with E-state index in [1.165, 1.54) is 0 Å². The maximum atomic E-state index is 10.6. The van der Waals surface area contributed by atoms with E-state index in [1.54, 1.807) is 17.3 Å². The van der Waals surface area contributed by atoms with Crippen molar-refractivity contribution in [3.63, 3.8) is 0 Å². The lowest BCUT2D eigenvalue weighted by Crippen LogP contribution is -2.23. The van der Waals surface area contributed by atoms with Crippen molar-refractivity contribution in [2.45, 2.75) is 0 Å². The second-order valence-corrected chi connectivity index (χ2v) is 2.59. The molecule has 0 N–H and O–H groups in total. The third-order valence-corrected chi connectivity index (χ3v) is 1.86. The summed E-state index contributed by atoms with van der Waals surface area (Å²) in [5, 5.41) is 0. The van der Waals surface area contributed by atoms with E-state index in [-0.39, 0.29) is 0 Å². The normalized spacial score (nSPS) is 14.2. The molecule has 0 unspecified atom stereocenters. The van der Waals surface area contributed by atoms with Gasteiger partial charge in [-0.15, -0.1) is 0 Å². The van der Waals surface area contributed by atoms with Crippen molar-refractivity contribution in [3.8, 4) is 0 Å². The standard InChI is InChI=1S/C9H8N2O/c12-7-11-5-1-2-8-6-10-4-3-9(8)11/h1-4,6-7H,5H2. The molecule has 0 spiro atoms. The molecule has 0 aliphatic carbocycles. The van der Waals surface area contributed by atoms with Gasteiger partial charge in [0.15, 0.2) is 0 Å². The number of pyridine rings is 1. The predicted octanol–water partition coefficient (Wildman–Crippen LogP) is 1.07. The molecule has 3 heteroatoms. The third-order valence-electron chi connectivity index (χ3n) is 1.86. The van der Waals surface area contributed by atoms with Gasteiger partial charge in [0.05, 0.1) is 5.69 Å². The first kappa shape index (κ1) is 7.03. The molecule has 2 heterocycles. The number of hydrogen-bond acceptors (Lipinski definition) is 2. The molecule has 1 aliphatic heterocycles. The van der Waals surface area contributed by atoms with Crippen molar-refractivity contribution >= 4 is 18.2 Å². The minimum atomic E-state index is 0.653. The molecule has 1 amide bonds. The fraction of sp³-hybridized carbons (Fsp3) is 0.111. The van der Waals surface area contributed by atoms with E-state index in [9.17, 15) is 4.79 Å². The lowest BCUT2D eigenvalue weighted by Gasteiger charge is -2.20. The van der Waals surface area contributed by atoms with Crippen LogP contribution in [0.25, 0.3) is 6.08 Å². The van der Waals surface area contributed by atoms with Crippen LogP contribution in [0.2, 0.25) is 0 Å². The average Bonchev–Trinajstić information content (AvgIpc) is 2.17. The number of fused-ring (bicyclic) bond motifs is 1. The highest BCUT2D eigenvalue weighted by molar-refractivity contribution is 5.83. The molecule has 3 nitrogen and oxygen atoms in total. The van der Waals surface area contributed by atoms with Crippen LogP contribution >= 0.6 is 0 Å². The Morgan fingerprint density at radius 1 is 1.58 bits per heavy atom.